The van der Waals surface area contributed by atoms with Crippen molar-refractivity contribution >= 4 is 22.7 Å². The molecule has 1 aliphatic rings. The van der Waals surface area contributed by atoms with Crippen molar-refractivity contribution in [2.24, 2.45) is 5.92 Å². The van der Waals surface area contributed by atoms with Gasteiger partial charge in [-0.05, 0) is 71.1 Å². The van der Waals surface area contributed by atoms with Crippen molar-refractivity contribution in [3.63, 3.8) is 0 Å². The topological polar surface area (TPSA) is 73.4 Å². The Morgan fingerprint density at radius 3 is 2.65 bits per heavy atom. The number of nitrogen functional groups attached to an aromatic ring is 1. The van der Waals surface area contributed by atoms with Crippen molar-refractivity contribution in [2.45, 2.75) is 59.1 Å². The highest BCUT2D eigenvalue weighted by atomic mass is 16.6. The van der Waals surface area contributed by atoms with Crippen LogP contribution in [-0.4, -0.2) is 39.5 Å². The van der Waals surface area contributed by atoms with Crippen LogP contribution in [0.1, 0.15) is 45.7 Å². The van der Waals surface area contributed by atoms with E-state index in [1.165, 1.54) is 5.39 Å². The van der Waals surface area contributed by atoms with E-state index in [1.807, 2.05) is 50.8 Å². The van der Waals surface area contributed by atoms with Gasteiger partial charge in [-0.3, -0.25) is 4.68 Å². The summed E-state index contributed by atoms with van der Waals surface area (Å²) in [5.41, 5.74) is 8.42. The van der Waals surface area contributed by atoms with E-state index in [0.717, 1.165) is 55.8 Å². The number of likely N-dealkylation sites (tertiary alicyclic amines) is 1. The van der Waals surface area contributed by atoms with Crippen LogP contribution in [0.25, 0.3) is 10.9 Å². The number of amides is 1. The predicted molar refractivity (Wildman–Crippen MR) is 104 cm³/mol. The van der Waals surface area contributed by atoms with Gasteiger partial charge < -0.3 is 15.4 Å². The van der Waals surface area contributed by atoms with Crippen molar-refractivity contribution in [1.82, 2.24) is 14.7 Å². The largest absolute Gasteiger partial charge is 0.444 e. The fourth-order valence-corrected chi connectivity index (χ4v) is 3.56. The maximum atomic E-state index is 12.2. The molecule has 2 N–H and O–H groups in total. The predicted octanol–water partition coefficient (Wildman–Crippen LogP) is 3.96. The first-order chi connectivity index (χ1) is 12.2. The van der Waals surface area contributed by atoms with E-state index in [2.05, 4.69) is 9.78 Å². The molecule has 0 aliphatic carbocycles. The molecule has 26 heavy (non-hydrogen) atoms. The Hall–Kier alpha value is -2.24. The number of fused-ring (bicyclic) bond motifs is 1. The van der Waals surface area contributed by atoms with Crippen LogP contribution in [0, 0.1) is 12.8 Å². The van der Waals surface area contributed by atoms with E-state index in [1.54, 1.807) is 0 Å². The van der Waals surface area contributed by atoms with Gasteiger partial charge in [0.05, 0.1) is 11.2 Å². The molecule has 2 heterocycles. The maximum Gasteiger partial charge on any atom is 0.410 e. The van der Waals surface area contributed by atoms with Crippen LogP contribution in [0.4, 0.5) is 10.5 Å². The lowest BCUT2D eigenvalue weighted by Gasteiger charge is -2.33. The van der Waals surface area contributed by atoms with Gasteiger partial charge >= 0.3 is 6.09 Å². The summed E-state index contributed by atoms with van der Waals surface area (Å²) in [6, 6.07) is 5.97. The number of rotatable bonds is 3. The summed E-state index contributed by atoms with van der Waals surface area (Å²) in [5.74, 6) is 0.606. The van der Waals surface area contributed by atoms with Crippen molar-refractivity contribution in [1.29, 1.82) is 0 Å². The number of benzene rings is 1. The number of ether oxygens (including phenoxy) is 1. The molecule has 0 atom stereocenters. The van der Waals surface area contributed by atoms with Crippen LogP contribution in [0.3, 0.4) is 0 Å². The first kappa shape index (κ1) is 18.5. The number of nitrogens with zero attached hydrogens (tertiary/aromatic N) is 3. The van der Waals surface area contributed by atoms with Gasteiger partial charge in [0.25, 0.3) is 0 Å². The molecule has 0 spiro atoms. The van der Waals surface area contributed by atoms with E-state index in [0.29, 0.717) is 5.92 Å². The van der Waals surface area contributed by atoms with E-state index >= 15 is 0 Å². The molecule has 6 heteroatoms. The second-order valence-corrected chi connectivity index (χ2v) is 8.28. The first-order valence-electron chi connectivity index (χ1n) is 9.43. The Morgan fingerprint density at radius 2 is 2.00 bits per heavy atom. The molecule has 1 amide bonds. The van der Waals surface area contributed by atoms with Crippen LogP contribution in [0.15, 0.2) is 18.2 Å². The number of hydrogen-bond donors (Lipinski definition) is 1. The summed E-state index contributed by atoms with van der Waals surface area (Å²) >= 11 is 0. The third-order valence-electron chi connectivity index (χ3n) is 4.98. The molecule has 0 unspecified atom stereocenters. The molecule has 2 aromatic rings. The maximum absolute atomic E-state index is 12.2. The van der Waals surface area contributed by atoms with Crippen molar-refractivity contribution in [3.8, 4) is 0 Å². The average molecular weight is 358 g/mol. The molecule has 142 valence electrons. The molecular weight excluding hydrogens is 328 g/mol. The smallest absolute Gasteiger partial charge is 0.410 e. The highest BCUT2D eigenvalue weighted by Gasteiger charge is 2.26. The number of carbonyl (C=O) groups excluding carboxylic acids is 1. The molecule has 6 nitrogen and oxygen atoms in total. The average Bonchev–Trinajstić information content (AvgIpc) is 2.87. The summed E-state index contributed by atoms with van der Waals surface area (Å²) in [7, 11) is 0. The summed E-state index contributed by atoms with van der Waals surface area (Å²) in [6.45, 7) is 10.2. The van der Waals surface area contributed by atoms with Crippen LogP contribution >= 0.6 is 0 Å². The second-order valence-electron chi connectivity index (χ2n) is 8.28. The van der Waals surface area contributed by atoms with Crippen LogP contribution in [0.5, 0.6) is 0 Å². The van der Waals surface area contributed by atoms with Gasteiger partial charge in [0.1, 0.15) is 5.60 Å². The lowest BCUT2D eigenvalue weighted by Crippen LogP contribution is -2.41. The molecular formula is C20H30N4O2. The molecule has 0 saturated carbocycles. The van der Waals surface area contributed by atoms with Gasteiger partial charge in [-0.1, -0.05) is 0 Å². The number of anilines is 1. The van der Waals surface area contributed by atoms with Crippen molar-refractivity contribution < 1.29 is 9.53 Å². The lowest BCUT2D eigenvalue weighted by molar-refractivity contribution is 0.0179. The normalized spacial score (nSPS) is 16.2. The van der Waals surface area contributed by atoms with E-state index in [-0.39, 0.29) is 6.09 Å². The number of aromatic nitrogens is 2. The zero-order chi connectivity index (χ0) is 18.9. The summed E-state index contributed by atoms with van der Waals surface area (Å²) < 4.78 is 7.54. The summed E-state index contributed by atoms with van der Waals surface area (Å²) in [4.78, 5) is 14.0. The molecule has 3 rings (SSSR count). The SMILES string of the molecule is Cc1nn(CCC2CCN(C(=O)OC(C)(C)C)CC2)c2cc(N)ccc12. The Labute approximate surface area is 155 Å². The number of piperidine rings is 1. The van der Waals surface area contributed by atoms with Crippen LogP contribution < -0.4 is 5.73 Å². The van der Waals surface area contributed by atoms with E-state index in [4.69, 9.17) is 10.5 Å². The monoisotopic (exact) mass is 358 g/mol. The molecule has 0 radical (unpaired) electrons. The van der Waals surface area contributed by atoms with Gasteiger partial charge in [-0.25, -0.2) is 4.79 Å². The third kappa shape index (κ3) is 4.29. The minimum atomic E-state index is -0.436. The quantitative estimate of drug-likeness (QED) is 0.843. The lowest BCUT2D eigenvalue weighted by atomic mass is 9.94. The minimum Gasteiger partial charge on any atom is -0.444 e. The van der Waals surface area contributed by atoms with Crippen LogP contribution in [-0.2, 0) is 11.3 Å². The molecule has 1 aliphatic heterocycles. The minimum absolute atomic E-state index is 0.194. The Bertz CT molecular complexity index is 783. The fourth-order valence-electron chi connectivity index (χ4n) is 3.56. The standard InChI is InChI=1S/C20H30N4O2/c1-14-17-6-5-16(21)13-18(17)24(22-14)12-9-15-7-10-23(11-8-15)19(25)26-20(2,3)4/h5-6,13,15H,7-12,21H2,1-4H3. The molecule has 1 aromatic heterocycles. The zero-order valence-electron chi connectivity index (χ0n) is 16.3. The molecule has 1 fully saturated rings. The van der Waals surface area contributed by atoms with Gasteiger partial charge in [0, 0.05) is 30.7 Å². The van der Waals surface area contributed by atoms with Crippen molar-refractivity contribution in [3.05, 3.63) is 23.9 Å². The molecule has 0 bridgehead atoms. The zero-order valence-corrected chi connectivity index (χ0v) is 16.3. The highest BCUT2D eigenvalue weighted by Crippen LogP contribution is 2.25. The second kappa shape index (κ2) is 7.17. The molecule has 1 saturated heterocycles. The van der Waals surface area contributed by atoms with Gasteiger partial charge in [-0.2, -0.15) is 5.10 Å². The van der Waals surface area contributed by atoms with Gasteiger partial charge in [0.15, 0.2) is 0 Å². The Balaban J connectivity index is 1.55. The van der Waals surface area contributed by atoms with Gasteiger partial charge in [-0.15, -0.1) is 0 Å². The van der Waals surface area contributed by atoms with E-state index < -0.39 is 5.60 Å². The number of nitrogens with two attached hydrogens (primary N) is 1. The Morgan fingerprint density at radius 1 is 1.31 bits per heavy atom. The van der Waals surface area contributed by atoms with E-state index in [9.17, 15) is 4.79 Å². The fraction of sp³-hybridized carbons (Fsp3) is 0.600. The molecule has 1 aromatic carbocycles. The Kier molecular flexibility index (Phi) is 5.12. The summed E-state index contributed by atoms with van der Waals surface area (Å²) in [6.07, 6.45) is 2.90. The van der Waals surface area contributed by atoms with Crippen molar-refractivity contribution in [2.75, 3.05) is 18.8 Å². The highest BCUT2D eigenvalue weighted by molar-refractivity contribution is 5.84. The number of aryl methyl sites for hydroxylation is 2. The number of hydrogen-bond acceptors (Lipinski definition) is 4. The third-order valence-corrected chi connectivity index (χ3v) is 4.98. The van der Waals surface area contributed by atoms with Crippen LogP contribution in [0.2, 0.25) is 0 Å². The number of carbonyl (C=O) groups is 1. The first-order valence-corrected chi connectivity index (χ1v) is 9.43. The summed E-state index contributed by atoms with van der Waals surface area (Å²) in [5, 5.41) is 5.84. The van der Waals surface area contributed by atoms with Gasteiger partial charge in [0.2, 0.25) is 0 Å².